The summed E-state index contributed by atoms with van der Waals surface area (Å²) < 4.78 is 7.30. The summed E-state index contributed by atoms with van der Waals surface area (Å²) in [5.41, 5.74) is 1.16. The lowest BCUT2D eigenvalue weighted by Crippen LogP contribution is -2.37. The van der Waals surface area contributed by atoms with Crippen LogP contribution < -0.4 is 10.1 Å². The molecule has 3 heterocycles. The van der Waals surface area contributed by atoms with Crippen LogP contribution in [0.2, 0.25) is 0 Å². The predicted molar refractivity (Wildman–Crippen MR) is 106 cm³/mol. The molecule has 2 fully saturated rings. The van der Waals surface area contributed by atoms with Gasteiger partial charge in [0.25, 0.3) is 5.91 Å². The fourth-order valence-electron chi connectivity index (χ4n) is 4.02. The van der Waals surface area contributed by atoms with Gasteiger partial charge in [0.05, 0.1) is 13.4 Å². The molecule has 2 aromatic heterocycles. The van der Waals surface area contributed by atoms with Crippen LogP contribution in [0.15, 0.2) is 30.9 Å². The van der Waals surface area contributed by atoms with Crippen molar-refractivity contribution in [2.45, 2.75) is 25.7 Å². The van der Waals surface area contributed by atoms with Crippen LogP contribution in [0.25, 0.3) is 0 Å². The van der Waals surface area contributed by atoms with E-state index in [1.807, 2.05) is 24.7 Å². The molecule has 0 bridgehead atoms. The van der Waals surface area contributed by atoms with Crippen LogP contribution in [0.5, 0.6) is 5.75 Å². The first-order valence-electron chi connectivity index (χ1n) is 9.96. The summed E-state index contributed by atoms with van der Waals surface area (Å²) in [5, 5.41) is 3.11. The highest BCUT2D eigenvalue weighted by Gasteiger charge is 2.45. The van der Waals surface area contributed by atoms with Crippen molar-refractivity contribution in [2.24, 2.45) is 18.4 Å². The second-order valence-electron chi connectivity index (χ2n) is 8.33. The Bertz CT molecular complexity index is 921. The number of hydrogen-bond acceptors (Lipinski definition) is 5. The maximum Gasteiger partial charge on any atom is 0.276 e. The van der Waals surface area contributed by atoms with E-state index >= 15 is 0 Å². The molecule has 0 spiro atoms. The second-order valence-corrected chi connectivity index (χ2v) is 8.33. The van der Waals surface area contributed by atoms with Gasteiger partial charge in [-0.05, 0) is 25.0 Å². The fraction of sp³-hybridized carbons (Fsp3) is 0.524. The maximum atomic E-state index is 13.2. The Hall–Kier alpha value is -2.90. The third-order valence-corrected chi connectivity index (χ3v) is 6.23. The van der Waals surface area contributed by atoms with E-state index in [2.05, 4.69) is 15.3 Å². The molecule has 0 unspecified atom stereocenters. The molecule has 2 atom stereocenters. The van der Waals surface area contributed by atoms with Gasteiger partial charge in [-0.15, -0.1) is 0 Å². The van der Waals surface area contributed by atoms with Crippen LogP contribution in [0.1, 0.15) is 41.9 Å². The molecule has 1 N–H and O–H groups in total. The normalized spacial score (nSPS) is 22.4. The second kappa shape index (κ2) is 7.50. The largest absolute Gasteiger partial charge is 0.494 e. The number of aryl methyl sites for hydroxylation is 1. The topological polar surface area (TPSA) is 89.3 Å². The van der Waals surface area contributed by atoms with Crippen LogP contribution in [-0.2, 0) is 11.8 Å². The minimum atomic E-state index is -0.211. The van der Waals surface area contributed by atoms with Gasteiger partial charge in [0.1, 0.15) is 5.75 Å². The summed E-state index contributed by atoms with van der Waals surface area (Å²) in [6.07, 6.45) is 7.09. The Morgan fingerprint density at radius 1 is 1.34 bits per heavy atom. The number of methoxy groups -OCH3 is 1. The van der Waals surface area contributed by atoms with Gasteiger partial charge in [0.2, 0.25) is 5.91 Å². The zero-order valence-electron chi connectivity index (χ0n) is 17.1. The number of aromatic nitrogens is 3. The number of imidazole rings is 1. The highest BCUT2D eigenvalue weighted by molar-refractivity contribution is 5.95. The van der Waals surface area contributed by atoms with Crippen molar-refractivity contribution >= 4 is 11.8 Å². The average Bonchev–Trinajstić information content (AvgIpc) is 3.14. The monoisotopic (exact) mass is 397 g/mol. The van der Waals surface area contributed by atoms with Gasteiger partial charge >= 0.3 is 0 Å². The summed E-state index contributed by atoms with van der Waals surface area (Å²) >= 11 is 0. The standard InChI is InChI=1S/C21H27N5O3/c1-21(6-7-21)20(28)24-9-14-11-26(12-15(14)16-10-22-13-25(16)2)19(27)18-17(29-3)5-4-8-23-18/h4-5,8,10,13-15H,6-7,9,11-12H2,1-3H3,(H,24,28)/t14-,15-/m1/s1. The first kappa shape index (κ1) is 19.4. The van der Waals surface area contributed by atoms with Crippen molar-refractivity contribution < 1.29 is 14.3 Å². The quantitative estimate of drug-likeness (QED) is 0.800. The molecule has 154 valence electrons. The first-order chi connectivity index (χ1) is 13.9. The van der Waals surface area contributed by atoms with Gasteiger partial charge in [0, 0.05) is 62.0 Å². The van der Waals surface area contributed by atoms with Crippen molar-refractivity contribution in [2.75, 3.05) is 26.7 Å². The Morgan fingerprint density at radius 2 is 2.14 bits per heavy atom. The summed E-state index contributed by atoms with van der Waals surface area (Å²) in [5.74, 6) is 0.617. The van der Waals surface area contributed by atoms with Gasteiger partial charge in [-0.3, -0.25) is 9.59 Å². The molecular weight excluding hydrogens is 370 g/mol. The maximum absolute atomic E-state index is 13.2. The van der Waals surface area contributed by atoms with Gasteiger partial charge < -0.3 is 19.5 Å². The van der Waals surface area contributed by atoms with Crippen LogP contribution >= 0.6 is 0 Å². The van der Waals surface area contributed by atoms with Crippen LogP contribution in [0.3, 0.4) is 0 Å². The van der Waals surface area contributed by atoms with E-state index in [1.165, 1.54) is 7.11 Å². The summed E-state index contributed by atoms with van der Waals surface area (Å²) in [6.45, 7) is 3.63. The SMILES string of the molecule is COc1cccnc1C(=O)N1C[C@@H](CNC(=O)C2(C)CC2)[C@H](c2cncn2C)C1. The van der Waals surface area contributed by atoms with Crippen LogP contribution in [0, 0.1) is 11.3 Å². The first-order valence-corrected chi connectivity index (χ1v) is 9.96. The number of rotatable bonds is 6. The van der Waals surface area contributed by atoms with Gasteiger partial charge in [0.15, 0.2) is 5.69 Å². The lowest BCUT2D eigenvalue weighted by molar-refractivity contribution is -0.125. The Balaban J connectivity index is 1.53. The molecule has 2 aromatic rings. The van der Waals surface area contributed by atoms with Crippen molar-refractivity contribution in [1.82, 2.24) is 24.8 Å². The van der Waals surface area contributed by atoms with E-state index in [0.717, 1.165) is 18.5 Å². The van der Waals surface area contributed by atoms with E-state index in [-0.39, 0.29) is 29.1 Å². The number of carbonyl (C=O) groups is 2. The van der Waals surface area contributed by atoms with E-state index in [9.17, 15) is 9.59 Å². The zero-order chi connectivity index (χ0) is 20.6. The average molecular weight is 397 g/mol. The zero-order valence-corrected chi connectivity index (χ0v) is 17.1. The van der Waals surface area contributed by atoms with E-state index in [0.29, 0.717) is 31.1 Å². The number of amides is 2. The highest BCUT2D eigenvalue weighted by Crippen LogP contribution is 2.45. The molecule has 29 heavy (non-hydrogen) atoms. The molecule has 8 nitrogen and oxygen atoms in total. The van der Waals surface area contributed by atoms with E-state index < -0.39 is 0 Å². The summed E-state index contributed by atoms with van der Waals surface area (Å²) in [6, 6.07) is 3.48. The number of carbonyl (C=O) groups excluding carboxylic acids is 2. The predicted octanol–water partition coefficient (Wildman–Crippen LogP) is 1.60. The molecule has 2 amide bonds. The number of ether oxygens (including phenoxy) is 1. The van der Waals surface area contributed by atoms with Crippen molar-refractivity contribution in [3.63, 3.8) is 0 Å². The Kier molecular flexibility index (Phi) is 5.02. The molecule has 0 aromatic carbocycles. The molecule has 1 aliphatic heterocycles. The van der Waals surface area contributed by atoms with Gasteiger partial charge in [-0.25, -0.2) is 9.97 Å². The van der Waals surface area contributed by atoms with Gasteiger partial charge in [-0.1, -0.05) is 6.92 Å². The molecule has 1 aliphatic carbocycles. The van der Waals surface area contributed by atoms with Crippen LogP contribution in [0.4, 0.5) is 0 Å². The molecular formula is C21H27N5O3. The Morgan fingerprint density at radius 3 is 2.79 bits per heavy atom. The summed E-state index contributed by atoms with van der Waals surface area (Å²) in [4.78, 5) is 35.9. The minimum Gasteiger partial charge on any atom is -0.494 e. The lowest BCUT2D eigenvalue weighted by atomic mass is 9.92. The number of likely N-dealkylation sites (tertiary alicyclic amines) is 1. The number of pyridine rings is 1. The summed E-state index contributed by atoms with van der Waals surface area (Å²) in [7, 11) is 3.49. The van der Waals surface area contributed by atoms with Gasteiger partial charge in [-0.2, -0.15) is 0 Å². The minimum absolute atomic E-state index is 0.0912. The third-order valence-electron chi connectivity index (χ3n) is 6.23. The number of nitrogens with zero attached hydrogens (tertiary/aromatic N) is 4. The molecule has 4 rings (SSSR count). The van der Waals surface area contributed by atoms with Crippen molar-refractivity contribution in [1.29, 1.82) is 0 Å². The smallest absolute Gasteiger partial charge is 0.276 e. The van der Waals surface area contributed by atoms with E-state index in [4.69, 9.17) is 4.74 Å². The Labute approximate surface area is 170 Å². The number of hydrogen-bond donors (Lipinski definition) is 1. The highest BCUT2D eigenvalue weighted by atomic mass is 16.5. The molecule has 8 heteroatoms. The molecule has 1 saturated heterocycles. The fourth-order valence-corrected chi connectivity index (χ4v) is 4.02. The van der Waals surface area contributed by atoms with Crippen LogP contribution in [-0.4, -0.2) is 58.0 Å². The van der Waals surface area contributed by atoms with E-state index in [1.54, 1.807) is 29.6 Å². The third kappa shape index (κ3) is 3.71. The molecule has 0 radical (unpaired) electrons. The van der Waals surface area contributed by atoms with Crippen molar-refractivity contribution in [3.8, 4) is 5.75 Å². The van der Waals surface area contributed by atoms with Crippen molar-refractivity contribution in [3.05, 3.63) is 42.2 Å². The molecule has 2 aliphatic rings. The lowest BCUT2D eigenvalue weighted by Gasteiger charge is -2.20. The number of nitrogens with one attached hydrogen (secondary N) is 1. The molecule has 1 saturated carbocycles.